The predicted octanol–water partition coefficient (Wildman–Crippen LogP) is 3.73. The molecule has 0 aliphatic carbocycles. The zero-order chi connectivity index (χ0) is 13.7. The third-order valence-electron chi connectivity index (χ3n) is 2.72. The van der Waals surface area contributed by atoms with E-state index in [9.17, 15) is 0 Å². The lowest BCUT2D eigenvalue weighted by atomic mass is 10.1. The molecule has 5 heteroatoms. The average molecular weight is 277 g/mol. The van der Waals surface area contributed by atoms with Crippen LogP contribution in [0.2, 0.25) is 5.02 Å². The molecule has 2 N–H and O–H groups in total. The van der Waals surface area contributed by atoms with E-state index in [1.54, 1.807) is 6.20 Å². The van der Waals surface area contributed by atoms with Gasteiger partial charge in [0.05, 0.1) is 0 Å². The van der Waals surface area contributed by atoms with Crippen molar-refractivity contribution in [2.24, 2.45) is 0 Å². The minimum atomic E-state index is 0.154. The number of benzene rings is 1. The SMILES string of the molecule is CCNc1nccc(NC(C)c2ccc(Cl)cc2)n1. The van der Waals surface area contributed by atoms with Gasteiger partial charge in [-0.15, -0.1) is 0 Å². The van der Waals surface area contributed by atoms with Crippen LogP contribution in [0.5, 0.6) is 0 Å². The zero-order valence-corrected chi connectivity index (χ0v) is 11.8. The molecule has 1 aromatic carbocycles. The average Bonchev–Trinajstić information content (AvgIpc) is 2.40. The number of aromatic nitrogens is 2. The highest BCUT2D eigenvalue weighted by atomic mass is 35.5. The highest BCUT2D eigenvalue weighted by molar-refractivity contribution is 6.30. The number of hydrogen-bond donors (Lipinski definition) is 2. The van der Waals surface area contributed by atoms with E-state index in [0.717, 1.165) is 22.9 Å². The topological polar surface area (TPSA) is 49.8 Å². The number of hydrogen-bond acceptors (Lipinski definition) is 4. The van der Waals surface area contributed by atoms with Crippen molar-refractivity contribution in [3.63, 3.8) is 0 Å². The Morgan fingerprint density at radius 3 is 2.63 bits per heavy atom. The summed E-state index contributed by atoms with van der Waals surface area (Å²) in [4.78, 5) is 8.53. The molecule has 2 rings (SSSR count). The van der Waals surface area contributed by atoms with Gasteiger partial charge in [-0.25, -0.2) is 4.98 Å². The van der Waals surface area contributed by atoms with Crippen molar-refractivity contribution >= 4 is 23.4 Å². The fraction of sp³-hybridized carbons (Fsp3) is 0.286. The molecule has 19 heavy (non-hydrogen) atoms. The van der Waals surface area contributed by atoms with Gasteiger partial charge in [-0.2, -0.15) is 4.98 Å². The highest BCUT2D eigenvalue weighted by Crippen LogP contribution is 2.20. The molecule has 0 amide bonds. The Morgan fingerprint density at radius 2 is 1.95 bits per heavy atom. The first-order chi connectivity index (χ1) is 9.19. The van der Waals surface area contributed by atoms with Crippen molar-refractivity contribution in [3.05, 3.63) is 47.1 Å². The van der Waals surface area contributed by atoms with E-state index in [2.05, 4.69) is 27.5 Å². The third-order valence-corrected chi connectivity index (χ3v) is 2.98. The molecule has 0 fully saturated rings. The molecule has 0 bridgehead atoms. The van der Waals surface area contributed by atoms with Gasteiger partial charge in [0, 0.05) is 23.8 Å². The first-order valence-corrected chi connectivity index (χ1v) is 6.65. The van der Waals surface area contributed by atoms with Gasteiger partial charge in [0.2, 0.25) is 5.95 Å². The number of nitrogens with zero attached hydrogens (tertiary/aromatic N) is 2. The second-order valence-electron chi connectivity index (χ2n) is 4.21. The highest BCUT2D eigenvalue weighted by Gasteiger charge is 2.06. The Bertz CT molecular complexity index is 527. The fourth-order valence-corrected chi connectivity index (χ4v) is 1.86. The molecule has 0 saturated heterocycles. The van der Waals surface area contributed by atoms with Gasteiger partial charge in [-0.1, -0.05) is 23.7 Å². The Labute approximate surface area is 118 Å². The summed E-state index contributed by atoms with van der Waals surface area (Å²) in [5.74, 6) is 1.43. The van der Waals surface area contributed by atoms with Gasteiger partial charge in [0.15, 0.2) is 0 Å². The largest absolute Gasteiger partial charge is 0.363 e. The van der Waals surface area contributed by atoms with Crippen molar-refractivity contribution in [1.82, 2.24) is 9.97 Å². The minimum absolute atomic E-state index is 0.154. The van der Waals surface area contributed by atoms with Gasteiger partial charge in [-0.3, -0.25) is 0 Å². The van der Waals surface area contributed by atoms with Crippen LogP contribution in [0.1, 0.15) is 25.5 Å². The predicted molar refractivity (Wildman–Crippen MR) is 79.7 cm³/mol. The van der Waals surface area contributed by atoms with Crippen LogP contribution < -0.4 is 10.6 Å². The first-order valence-electron chi connectivity index (χ1n) is 6.28. The molecular formula is C14H17ClN4. The lowest BCUT2D eigenvalue weighted by Crippen LogP contribution is -2.09. The summed E-state index contributed by atoms with van der Waals surface area (Å²) in [6.45, 7) is 4.90. The van der Waals surface area contributed by atoms with Crippen LogP contribution in [-0.2, 0) is 0 Å². The van der Waals surface area contributed by atoms with Gasteiger partial charge < -0.3 is 10.6 Å². The number of nitrogens with one attached hydrogen (secondary N) is 2. The van der Waals surface area contributed by atoms with Crippen LogP contribution in [0.4, 0.5) is 11.8 Å². The Morgan fingerprint density at radius 1 is 1.21 bits per heavy atom. The molecule has 0 spiro atoms. The van der Waals surface area contributed by atoms with E-state index in [4.69, 9.17) is 11.6 Å². The summed E-state index contributed by atoms with van der Waals surface area (Å²) in [5, 5.41) is 7.17. The maximum absolute atomic E-state index is 5.88. The first kappa shape index (κ1) is 13.6. The lowest BCUT2D eigenvalue weighted by Gasteiger charge is -2.15. The molecule has 0 aliphatic rings. The van der Waals surface area contributed by atoms with Crippen LogP contribution in [0, 0.1) is 0 Å². The standard InChI is InChI=1S/C14H17ClN4/c1-3-16-14-17-9-8-13(19-14)18-10(2)11-4-6-12(15)7-5-11/h4-10H,3H2,1-2H3,(H2,16,17,18,19). The van der Waals surface area contributed by atoms with Gasteiger partial charge in [0.25, 0.3) is 0 Å². The summed E-state index contributed by atoms with van der Waals surface area (Å²) in [5.41, 5.74) is 1.16. The number of rotatable bonds is 5. The maximum Gasteiger partial charge on any atom is 0.224 e. The van der Waals surface area contributed by atoms with E-state index in [1.807, 2.05) is 37.3 Å². The molecule has 2 aromatic rings. The van der Waals surface area contributed by atoms with E-state index < -0.39 is 0 Å². The van der Waals surface area contributed by atoms with Gasteiger partial charge in [-0.05, 0) is 37.6 Å². The van der Waals surface area contributed by atoms with Crippen molar-refractivity contribution in [2.45, 2.75) is 19.9 Å². The van der Waals surface area contributed by atoms with E-state index in [1.165, 1.54) is 0 Å². The fourth-order valence-electron chi connectivity index (χ4n) is 1.74. The van der Waals surface area contributed by atoms with Crippen LogP contribution in [-0.4, -0.2) is 16.5 Å². The van der Waals surface area contributed by atoms with Crippen molar-refractivity contribution < 1.29 is 0 Å². The Balaban J connectivity index is 2.07. The summed E-state index contributed by atoms with van der Waals surface area (Å²) in [6.07, 6.45) is 1.74. The third kappa shape index (κ3) is 3.83. The second kappa shape index (κ2) is 6.38. The van der Waals surface area contributed by atoms with Crippen molar-refractivity contribution in [1.29, 1.82) is 0 Å². The lowest BCUT2D eigenvalue weighted by molar-refractivity contribution is 0.872. The quantitative estimate of drug-likeness (QED) is 0.874. The molecule has 4 nitrogen and oxygen atoms in total. The molecule has 1 unspecified atom stereocenters. The molecule has 100 valence electrons. The van der Waals surface area contributed by atoms with Crippen LogP contribution in [0.25, 0.3) is 0 Å². The molecule has 0 aliphatic heterocycles. The summed E-state index contributed by atoms with van der Waals surface area (Å²) in [6, 6.07) is 9.80. The Hall–Kier alpha value is -1.81. The summed E-state index contributed by atoms with van der Waals surface area (Å²) < 4.78 is 0. The molecule has 0 radical (unpaired) electrons. The van der Waals surface area contributed by atoms with Crippen molar-refractivity contribution in [3.8, 4) is 0 Å². The monoisotopic (exact) mass is 276 g/mol. The minimum Gasteiger partial charge on any atom is -0.363 e. The van der Waals surface area contributed by atoms with E-state index >= 15 is 0 Å². The Kier molecular flexibility index (Phi) is 4.58. The van der Waals surface area contributed by atoms with Crippen LogP contribution in [0.15, 0.2) is 36.5 Å². The summed E-state index contributed by atoms with van der Waals surface area (Å²) in [7, 11) is 0. The second-order valence-corrected chi connectivity index (χ2v) is 4.65. The van der Waals surface area contributed by atoms with Crippen LogP contribution >= 0.6 is 11.6 Å². The number of anilines is 2. The van der Waals surface area contributed by atoms with Crippen LogP contribution in [0.3, 0.4) is 0 Å². The number of halogens is 1. The van der Waals surface area contributed by atoms with E-state index in [0.29, 0.717) is 5.95 Å². The summed E-state index contributed by atoms with van der Waals surface area (Å²) >= 11 is 5.88. The molecule has 1 heterocycles. The molecule has 1 aromatic heterocycles. The zero-order valence-electron chi connectivity index (χ0n) is 11.0. The molecular weight excluding hydrogens is 260 g/mol. The molecule has 1 atom stereocenters. The van der Waals surface area contributed by atoms with Gasteiger partial charge in [0.1, 0.15) is 5.82 Å². The van der Waals surface area contributed by atoms with Gasteiger partial charge >= 0.3 is 0 Å². The maximum atomic E-state index is 5.88. The van der Waals surface area contributed by atoms with Crippen molar-refractivity contribution in [2.75, 3.05) is 17.2 Å². The normalized spacial score (nSPS) is 11.9. The van der Waals surface area contributed by atoms with E-state index in [-0.39, 0.29) is 6.04 Å². The molecule has 0 saturated carbocycles. The smallest absolute Gasteiger partial charge is 0.224 e.